The van der Waals surface area contributed by atoms with Crippen LogP contribution >= 0.6 is 11.8 Å². The molecule has 0 heterocycles. The van der Waals surface area contributed by atoms with Crippen LogP contribution in [0.5, 0.6) is 0 Å². The fourth-order valence-electron chi connectivity index (χ4n) is 1.06. The topological polar surface area (TPSA) is 23.8 Å². The molecule has 0 aliphatic carbocycles. The molecule has 1 rings (SSSR count). The van der Waals surface area contributed by atoms with E-state index in [1.807, 2.05) is 6.92 Å². The second-order valence-electron chi connectivity index (χ2n) is 3.07. The minimum atomic E-state index is 0.0838. The van der Waals surface area contributed by atoms with E-state index in [4.69, 9.17) is 5.26 Å². The van der Waals surface area contributed by atoms with Gasteiger partial charge in [-0.25, -0.2) is 0 Å². The van der Waals surface area contributed by atoms with Crippen LogP contribution < -0.4 is 0 Å². The quantitative estimate of drug-likeness (QED) is 0.733. The van der Waals surface area contributed by atoms with Crippen molar-refractivity contribution in [3.8, 4) is 6.07 Å². The van der Waals surface area contributed by atoms with Crippen molar-refractivity contribution in [3.05, 3.63) is 35.4 Å². The molecule has 0 spiro atoms. The monoisotopic (exact) mass is 191 g/mol. The molecule has 0 bridgehead atoms. The standard InChI is InChI=1S/C11H13NS/c1-9-4-3-5-11(6-9)8-13-10(2)7-12/h3-6,10H,8H2,1-2H3. The summed E-state index contributed by atoms with van der Waals surface area (Å²) in [4.78, 5) is 0. The van der Waals surface area contributed by atoms with Gasteiger partial charge in [-0.1, -0.05) is 29.8 Å². The van der Waals surface area contributed by atoms with Crippen LogP contribution in [-0.4, -0.2) is 5.25 Å². The maximum atomic E-state index is 8.60. The van der Waals surface area contributed by atoms with Crippen molar-refractivity contribution in [1.82, 2.24) is 0 Å². The Kier molecular flexibility index (Phi) is 3.85. The SMILES string of the molecule is Cc1cccc(CSC(C)C#N)c1. The van der Waals surface area contributed by atoms with Gasteiger partial charge in [0, 0.05) is 5.75 Å². The summed E-state index contributed by atoms with van der Waals surface area (Å²) in [5, 5.41) is 8.68. The molecule has 0 radical (unpaired) electrons. The minimum absolute atomic E-state index is 0.0838. The summed E-state index contributed by atoms with van der Waals surface area (Å²) in [6.45, 7) is 4.02. The molecule has 1 unspecified atom stereocenters. The maximum Gasteiger partial charge on any atom is 0.0891 e. The van der Waals surface area contributed by atoms with Crippen LogP contribution in [-0.2, 0) is 5.75 Å². The summed E-state index contributed by atoms with van der Waals surface area (Å²) in [6.07, 6.45) is 0. The van der Waals surface area contributed by atoms with Crippen molar-refractivity contribution in [2.75, 3.05) is 0 Å². The van der Waals surface area contributed by atoms with Crippen LogP contribution in [0.4, 0.5) is 0 Å². The van der Waals surface area contributed by atoms with Crippen LogP contribution in [0.15, 0.2) is 24.3 Å². The van der Waals surface area contributed by atoms with Crippen molar-refractivity contribution in [3.63, 3.8) is 0 Å². The zero-order valence-corrected chi connectivity index (χ0v) is 8.77. The van der Waals surface area contributed by atoms with Gasteiger partial charge in [-0.05, 0) is 19.4 Å². The first-order valence-corrected chi connectivity index (χ1v) is 5.34. The number of nitrogens with zero attached hydrogens (tertiary/aromatic N) is 1. The molecule has 0 aromatic heterocycles. The van der Waals surface area contributed by atoms with E-state index in [2.05, 4.69) is 37.3 Å². The highest BCUT2D eigenvalue weighted by molar-refractivity contribution is 7.99. The summed E-state index contributed by atoms with van der Waals surface area (Å²) >= 11 is 1.68. The van der Waals surface area contributed by atoms with Crippen LogP contribution in [0.25, 0.3) is 0 Å². The van der Waals surface area contributed by atoms with Crippen LogP contribution in [0.3, 0.4) is 0 Å². The Balaban J connectivity index is 2.51. The largest absolute Gasteiger partial charge is 0.197 e. The van der Waals surface area contributed by atoms with Gasteiger partial charge in [0.1, 0.15) is 0 Å². The molecule has 0 aliphatic heterocycles. The van der Waals surface area contributed by atoms with E-state index < -0.39 is 0 Å². The lowest BCUT2D eigenvalue weighted by molar-refractivity contribution is 1.23. The third-order valence-corrected chi connectivity index (χ3v) is 2.87. The number of rotatable bonds is 3. The Bertz CT molecular complexity index is 314. The van der Waals surface area contributed by atoms with Gasteiger partial charge in [-0.3, -0.25) is 0 Å². The molecule has 1 aromatic carbocycles. The van der Waals surface area contributed by atoms with Gasteiger partial charge in [-0.2, -0.15) is 5.26 Å². The van der Waals surface area contributed by atoms with Crippen molar-refractivity contribution in [2.24, 2.45) is 0 Å². The summed E-state index contributed by atoms with van der Waals surface area (Å²) in [5.41, 5.74) is 2.58. The molecule has 1 atom stereocenters. The van der Waals surface area contributed by atoms with Crippen molar-refractivity contribution >= 4 is 11.8 Å². The first-order chi connectivity index (χ1) is 6.22. The highest BCUT2D eigenvalue weighted by Gasteiger charge is 2.00. The highest BCUT2D eigenvalue weighted by Crippen LogP contribution is 2.17. The molecule has 0 saturated carbocycles. The molecule has 0 fully saturated rings. The van der Waals surface area contributed by atoms with Crippen LogP contribution in [0, 0.1) is 18.3 Å². The van der Waals surface area contributed by atoms with Gasteiger partial charge in [-0.15, -0.1) is 11.8 Å². The highest BCUT2D eigenvalue weighted by atomic mass is 32.2. The van der Waals surface area contributed by atoms with Gasteiger partial charge in [0.25, 0.3) is 0 Å². The van der Waals surface area contributed by atoms with E-state index in [1.54, 1.807) is 11.8 Å². The van der Waals surface area contributed by atoms with Gasteiger partial charge in [0.05, 0.1) is 11.3 Å². The van der Waals surface area contributed by atoms with Gasteiger partial charge in [0.2, 0.25) is 0 Å². The van der Waals surface area contributed by atoms with Gasteiger partial charge < -0.3 is 0 Å². The average Bonchev–Trinajstić information content (AvgIpc) is 2.14. The lowest BCUT2D eigenvalue weighted by Gasteiger charge is -2.03. The van der Waals surface area contributed by atoms with E-state index >= 15 is 0 Å². The van der Waals surface area contributed by atoms with E-state index in [1.165, 1.54) is 11.1 Å². The van der Waals surface area contributed by atoms with E-state index in [0.29, 0.717) is 0 Å². The van der Waals surface area contributed by atoms with Crippen LogP contribution in [0.2, 0.25) is 0 Å². The minimum Gasteiger partial charge on any atom is -0.197 e. The zero-order valence-electron chi connectivity index (χ0n) is 7.95. The summed E-state index contributed by atoms with van der Waals surface area (Å²) in [6, 6.07) is 10.6. The number of benzene rings is 1. The van der Waals surface area contributed by atoms with Gasteiger partial charge in [0.15, 0.2) is 0 Å². The fraction of sp³-hybridized carbons (Fsp3) is 0.364. The number of thioether (sulfide) groups is 1. The predicted octanol–water partition coefficient (Wildman–Crippen LogP) is 3.14. The van der Waals surface area contributed by atoms with E-state index in [-0.39, 0.29) is 5.25 Å². The van der Waals surface area contributed by atoms with Crippen LogP contribution in [0.1, 0.15) is 18.1 Å². The van der Waals surface area contributed by atoms with Crippen molar-refractivity contribution in [1.29, 1.82) is 5.26 Å². The second kappa shape index (κ2) is 4.94. The Morgan fingerprint density at radius 3 is 2.92 bits per heavy atom. The molecule has 13 heavy (non-hydrogen) atoms. The normalized spacial score (nSPS) is 12.1. The summed E-state index contributed by atoms with van der Waals surface area (Å²) in [7, 11) is 0. The first-order valence-electron chi connectivity index (χ1n) is 4.29. The molecule has 0 saturated heterocycles. The Hall–Kier alpha value is -0.940. The molecule has 68 valence electrons. The molecule has 1 nitrogen and oxygen atoms in total. The number of aryl methyl sites for hydroxylation is 1. The molecule has 0 amide bonds. The molecule has 0 aliphatic rings. The number of hydrogen-bond acceptors (Lipinski definition) is 2. The number of nitriles is 1. The van der Waals surface area contributed by atoms with Crippen molar-refractivity contribution in [2.45, 2.75) is 24.9 Å². The molecule has 0 N–H and O–H groups in total. The summed E-state index contributed by atoms with van der Waals surface area (Å²) < 4.78 is 0. The van der Waals surface area contributed by atoms with E-state index in [0.717, 1.165) is 5.75 Å². The zero-order chi connectivity index (χ0) is 9.68. The Labute approximate surface area is 83.8 Å². The molecule has 1 aromatic rings. The molecular weight excluding hydrogens is 178 g/mol. The summed E-state index contributed by atoms with van der Waals surface area (Å²) in [5.74, 6) is 0.927. The maximum absolute atomic E-state index is 8.60. The lowest BCUT2D eigenvalue weighted by Crippen LogP contribution is -1.91. The first kappa shape index (κ1) is 10.1. The average molecular weight is 191 g/mol. The molecule has 2 heteroatoms. The second-order valence-corrected chi connectivity index (χ2v) is 4.40. The van der Waals surface area contributed by atoms with Gasteiger partial charge >= 0.3 is 0 Å². The Morgan fingerprint density at radius 1 is 1.54 bits per heavy atom. The fourth-order valence-corrected chi connectivity index (χ4v) is 1.76. The third kappa shape index (κ3) is 3.52. The van der Waals surface area contributed by atoms with Crippen molar-refractivity contribution < 1.29 is 0 Å². The predicted molar refractivity (Wildman–Crippen MR) is 57.5 cm³/mol. The van der Waals surface area contributed by atoms with E-state index in [9.17, 15) is 0 Å². The lowest BCUT2D eigenvalue weighted by atomic mass is 10.2. The number of hydrogen-bond donors (Lipinski definition) is 0. The Morgan fingerprint density at radius 2 is 2.31 bits per heavy atom. The third-order valence-electron chi connectivity index (χ3n) is 1.76. The smallest absolute Gasteiger partial charge is 0.0891 e. The molecular formula is C11H13NS.